The molecule has 2 aromatic heterocycles. The topological polar surface area (TPSA) is 43.6 Å². The highest BCUT2D eigenvalue weighted by molar-refractivity contribution is 5.90. The Labute approximate surface area is 123 Å². The molecule has 3 rings (SSSR count). The van der Waals surface area contributed by atoms with E-state index in [1.165, 1.54) is 0 Å². The Kier molecular flexibility index (Phi) is 3.44. The molecule has 0 bridgehead atoms. The molecule has 2 heterocycles. The van der Waals surface area contributed by atoms with Crippen molar-refractivity contribution in [1.29, 1.82) is 0 Å². The minimum Gasteiger partial charge on any atom is -0.462 e. The summed E-state index contributed by atoms with van der Waals surface area (Å²) >= 11 is 0. The summed E-state index contributed by atoms with van der Waals surface area (Å²) < 4.78 is 6.98. The predicted octanol–water partition coefficient (Wildman–Crippen LogP) is 3.49. The molecule has 4 heteroatoms. The number of hydrogen-bond acceptors (Lipinski definition) is 3. The Morgan fingerprint density at radius 2 is 2.00 bits per heavy atom. The molecule has 1 aromatic carbocycles. The number of carbonyl (C=O) groups is 1. The van der Waals surface area contributed by atoms with E-state index in [0.717, 1.165) is 22.5 Å². The van der Waals surface area contributed by atoms with Crippen LogP contribution >= 0.6 is 0 Å². The fourth-order valence-electron chi connectivity index (χ4n) is 2.28. The maximum Gasteiger partial charge on any atom is 0.338 e. The summed E-state index contributed by atoms with van der Waals surface area (Å²) in [7, 11) is 0. The summed E-state index contributed by atoms with van der Waals surface area (Å²) in [5.74, 6) is -0.296. The number of esters is 1. The summed E-state index contributed by atoms with van der Waals surface area (Å²) in [6.45, 7) is 4.22. The first-order valence-corrected chi connectivity index (χ1v) is 6.91. The highest BCUT2D eigenvalue weighted by atomic mass is 16.5. The maximum absolute atomic E-state index is 11.6. The third kappa shape index (κ3) is 2.52. The molecule has 106 valence electrons. The smallest absolute Gasteiger partial charge is 0.338 e. The largest absolute Gasteiger partial charge is 0.462 e. The number of fused-ring (bicyclic) bond motifs is 1. The van der Waals surface area contributed by atoms with Gasteiger partial charge in [-0.25, -0.2) is 9.78 Å². The van der Waals surface area contributed by atoms with Gasteiger partial charge in [0.05, 0.1) is 17.9 Å². The monoisotopic (exact) mass is 280 g/mol. The molecule has 0 aliphatic heterocycles. The number of hydrogen-bond donors (Lipinski definition) is 0. The van der Waals surface area contributed by atoms with Crippen molar-refractivity contribution in [3.05, 3.63) is 59.9 Å². The van der Waals surface area contributed by atoms with Crippen LogP contribution in [0.25, 0.3) is 16.9 Å². The van der Waals surface area contributed by atoms with Crippen LogP contribution in [0.2, 0.25) is 0 Å². The number of benzene rings is 1. The summed E-state index contributed by atoms with van der Waals surface area (Å²) in [4.78, 5) is 16.3. The van der Waals surface area contributed by atoms with E-state index in [1.807, 2.05) is 48.0 Å². The van der Waals surface area contributed by atoms with Gasteiger partial charge in [-0.1, -0.05) is 18.2 Å². The van der Waals surface area contributed by atoms with Crippen LogP contribution in [0.3, 0.4) is 0 Å². The Bertz CT molecular complexity index is 788. The molecule has 0 atom stereocenters. The number of imidazole rings is 1. The molecule has 0 radical (unpaired) electrons. The van der Waals surface area contributed by atoms with Crippen molar-refractivity contribution in [3.63, 3.8) is 0 Å². The van der Waals surface area contributed by atoms with Crippen LogP contribution in [0.1, 0.15) is 22.8 Å². The van der Waals surface area contributed by atoms with E-state index in [2.05, 4.69) is 4.98 Å². The van der Waals surface area contributed by atoms with Gasteiger partial charge in [0.2, 0.25) is 0 Å². The second kappa shape index (κ2) is 5.40. The standard InChI is InChI=1S/C17H16N2O2/c1-3-21-17(20)14-8-6-13(7-9-14)15-11-19-10-4-5-12(2)16(19)18-15/h4-11H,3H2,1-2H3. The molecule has 0 saturated heterocycles. The van der Waals surface area contributed by atoms with Crippen molar-refractivity contribution < 1.29 is 9.53 Å². The molecule has 0 saturated carbocycles. The highest BCUT2D eigenvalue weighted by Gasteiger charge is 2.09. The van der Waals surface area contributed by atoms with Crippen LogP contribution in [0.5, 0.6) is 0 Å². The highest BCUT2D eigenvalue weighted by Crippen LogP contribution is 2.21. The lowest BCUT2D eigenvalue weighted by atomic mass is 10.1. The summed E-state index contributed by atoms with van der Waals surface area (Å²) in [5.41, 5.74) is 4.50. The van der Waals surface area contributed by atoms with Gasteiger partial charge in [0.15, 0.2) is 0 Å². The average molecular weight is 280 g/mol. The third-order valence-electron chi connectivity index (χ3n) is 3.37. The molecular weight excluding hydrogens is 264 g/mol. The van der Waals surface area contributed by atoms with Gasteiger partial charge in [-0.3, -0.25) is 0 Å². The van der Waals surface area contributed by atoms with Crippen molar-refractivity contribution in [2.24, 2.45) is 0 Å². The van der Waals surface area contributed by atoms with Crippen molar-refractivity contribution in [2.45, 2.75) is 13.8 Å². The van der Waals surface area contributed by atoms with Crippen molar-refractivity contribution in [3.8, 4) is 11.3 Å². The van der Waals surface area contributed by atoms with E-state index >= 15 is 0 Å². The second-order valence-electron chi connectivity index (χ2n) is 4.85. The SMILES string of the molecule is CCOC(=O)c1ccc(-c2cn3cccc(C)c3n2)cc1. The molecule has 0 aliphatic carbocycles. The number of rotatable bonds is 3. The zero-order chi connectivity index (χ0) is 14.8. The number of carbonyl (C=O) groups excluding carboxylic acids is 1. The van der Waals surface area contributed by atoms with E-state index in [4.69, 9.17) is 4.74 Å². The van der Waals surface area contributed by atoms with Crippen LogP contribution in [-0.2, 0) is 4.74 Å². The number of pyridine rings is 1. The minimum atomic E-state index is -0.296. The van der Waals surface area contributed by atoms with E-state index in [0.29, 0.717) is 12.2 Å². The van der Waals surface area contributed by atoms with E-state index in [1.54, 1.807) is 19.1 Å². The first kappa shape index (κ1) is 13.4. The maximum atomic E-state index is 11.6. The second-order valence-corrected chi connectivity index (χ2v) is 4.85. The molecule has 0 unspecified atom stereocenters. The van der Waals surface area contributed by atoms with Gasteiger partial charge in [0, 0.05) is 18.0 Å². The van der Waals surface area contributed by atoms with E-state index in [-0.39, 0.29) is 5.97 Å². The van der Waals surface area contributed by atoms with Crippen molar-refractivity contribution in [1.82, 2.24) is 9.38 Å². The Balaban J connectivity index is 1.95. The fraction of sp³-hybridized carbons (Fsp3) is 0.176. The number of ether oxygens (including phenoxy) is 1. The minimum absolute atomic E-state index is 0.296. The van der Waals surface area contributed by atoms with Gasteiger partial charge in [0.1, 0.15) is 5.65 Å². The van der Waals surface area contributed by atoms with Crippen LogP contribution in [-0.4, -0.2) is 22.0 Å². The van der Waals surface area contributed by atoms with E-state index < -0.39 is 0 Å². The molecule has 21 heavy (non-hydrogen) atoms. The zero-order valence-electron chi connectivity index (χ0n) is 12.0. The molecule has 0 amide bonds. The lowest BCUT2D eigenvalue weighted by molar-refractivity contribution is 0.0526. The molecule has 3 aromatic rings. The van der Waals surface area contributed by atoms with Gasteiger partial charge in [-0.2, -0.15) is 0 Å². The summed E-state index contributed by atoms with van der Waals surface area (Å²) in [6, 6.07) is 11.4. The summed E-state index contributed by atoms with van der Waals surface area (Å²) in [5, 5.41) is 0. The van der Waals surface area contributed by atoms with Gasteiger partial charge in [0.25, 0.3) is 0 Å². The lowest BCUT2D eigenvalue weighted by Crippen LogP contribution is -2.03. The van der Waals surface area contributed by atoms with E-state index in [9.17, 15) is 4.79 Å². The lowest BCUT2D eigenvalue weighted by Gasteiger charge is -2.02. The number of aromatic nitrogens is 2. The van der Waals surface area contributed by atoms with Gasteiger partial charge in [-0.05, 0) is 37.6 Å². The fourth-order valence-corrected chi connectivity index (χ4v) is 2.28. The van der Waals surface area contributed by atoms with Gasteiger partial charge < -0.3 is 9.14 Å². The molecule has 0 spiro atoms. The normalized spacial score (nSPS) is 10.8. The van der Waals surface area contributed by atoms with Crippen LogP contribution < -0.4 is 0 Å². The molecular formula is C17H16N2O2. The Morgan fingerprint density at radius 1 is 1.24 bits per heavy atom. The van der Waals surface area contributed by atoms with Crippen molar-refractivity contribution >= 4 is 11.6 Å². The molecule has 4 nitrogen and oxygen atoms in total. The number of aryl methyl sites for hydroxylation is 1. The molecule has 0 aliphatic rings. The quantitative estimate of drug-likeness (QED) is 0.690. The predicted molar refractivity (Wildman–Crippen MR) is 81.3 cm³/mol. The first-order valence-electron chi connectivity index (χ1n) is 6.91. The van der Waals surface area contributed by atoms with Crippen LogP contribution in [0.15, 0.2) is 48.8 Å². The van der Waals surface area contributed by atoms with Crippen LogP contribution in [0.4, 0.5) is 0 Å². The zero-order valence-corrected chi connectivity index (χ0v) is 12.0. The molecule has 0 N–H and O–H groups in total. The third-order valence-corrected chi connectivity index (χ3v) is 3.37. The molecule has 0 fully saturated rings. The van der Waals surface area contributed by atoms with Crippen molar-refractivity contribution in [2.75, 3.05) is 6.61 Å². The van der Waals surface area contributed by atoms with Crippen LogP contribution in [0, 0.1) is 6.92 Å². The van der Waals surface area contributed by atoms with Gasteiger partial charge >= 0.3 is 5.97 Å². The Hall–Kier alpha value is -2.62. The Morgan fingerprint density at radius 3 is 2.67 bits per heavy atom. The first-order chi connectivity index (χ1) is 10.2. The summed E-state index contributed by atoms with van der Waals surface area (Å²) in [6.07, 6.45) is 3.97. The number of nitrogens with zero attached hydrogens (tertiary/aromatic N) is 2. The van der Waals surface area contributed by atoms with Gasteiger partial charge in [-0.15, -0.1) is 0 Å². The average Bonchev–Trinajstić information content (AvgIpc) is 2.93.